The summed E-state index contributed by atoms with van der Waals surface area (Å²) in [5, 5.41) is 11.1. The van der Waals surface area contributed by atoms with Gasteiger partial charge in [-0.2, -0.15) is 5.10 Å². The van der Waals surface area contributed by atoms with Gasteiger partial charge in [0.15, 0.2) is 0 Å². The number of nitrogens with zero attached hydrogens (tertiary/aromatic N) is 2. The highest BCUT2D eigenvalue weighted by atomic mass is 16.2. The van der Waals surface area contributed by atoms with E-state index in [1.807, 2.05) is 16.9 Å². The van der Waals surface area contributed by atoms with E-state index in [1.165, 1.54) is 25.7 Å². The van der Waals surface area contributed by atoms with Gasteiger partial charge in [-0.15, -0.1) is 0 Å². The minimum Gasteiger partial charge on any atom is -0.351 e. The summed E-state index contributed by atoms with van der Waals surface area (Å²) in [7, 11) is 0. The predicted octanol–water partition coefficient (Wildman–Crippen LogP) is 1.80. The van der Waals surface area contributed by atoms with Gasteiger partial charge < -0.3 is 10.6 Å². The number of amides is 1. The Bertz CT molecular complexity index is 443. The largest absolute Gasteiger partial charge is 0.351 e. The lowest BCUT2D eigenvalue weighted by molar-refractivity contribution is -0.132. The molecule has 1 aromatic rings. The molecule has 1 saturated heterocycles. The summed E-state index contributed by atoms with van der Waals surface area (Å²) in [6, 6.07) is 2.25. The summed E-state index contributed by atoms with van der Waals surface area (Å²) >= 11 is 0. The molecule has 5 nitrogen and oxygen atoms in total. The van der Waals surface area contributed by atoms with Gasteiger partial charge in [-0.05, 0) is 44.8 Å². The maximum Gasteiger partial charge on any atom is 0.248 e. The molecule has 0 bridgehead atoms. The summed E-state index contributed by atoms with van der Waals surface area (Å²) < 4.78 is 1.87. The van der Waals surface area contributed by atoms with Gasteiger partial charge in [0.1, 0.15) is 5.54 Å². The van der Waals surface area contributed by atoms with Crippen LogP contribution in [0.25, 0.3) is 0 Å². The quantitative estimate of drug-likeness (QED) is 0.835. The number of nitrogens with one attached hydrogen (secondary N) is 2. The fourth-order valence-corrected chi connectivity index (χ4v) is 3.67. The zero-order valence-electron chi connectivity index (χ0n) is 12.7. The highest BCUT2D eigenvalue weighted by Crippen LogP contribution is 2.28. The molecule has 1 saturated carbocycles. The molecule has 1 aromatic heterocycles. The second-order valence-electron chi connectivity index (χ2n) is 6.39. The number of hydrogen-bond acceptors (Lipinski definition) is 3. The maximum atomic E-state index is 13.0. The van der Waals surface area contributed by atoms with Gasteiger partial charge in [0.25, 0.3) is 0 Å². The zero-order valence-corrected chi connectivity index (χ0v) is 12.7. The van der Waals surface area contributed by atoms with Crippen molar-refractivity contribution in [2.45, 2.75) is 62.9 Å². The molecule has 5 heteroatoms. The molecule has 1 amide bonds. The van der Waals surface area contributed by atoms with E-state index < -0.39 is 5.54 Å². The summed E-state index contributed by atoms with van der Waals surface area (Å²) in [6.45, 7) is 1.75. The second kappa shape index (κ2) is 6.60. The lowest BCUT2D eigenvalue weighted by Gasteiger charge is -2.37. The van der Waals surface area contributed by atoms with Crippen molar-refractivity contribution in [1.82, 2.24) is 20.4 Å². The van der Waals surface area contributed by atoms with Crippen LogP contribution in [0.15, 0.2) is 18.5 Å². The SMILES string of the molecule is O=C(NC1CCCCCC1)C1(n2cccn2)CCNCC1. The van der Waals surface area contributed by atoms with Crippen molar-refractivity contribution in [2.24, 2.45) is 0 Å². The van der Waals surface area contributed by atoms with Crippen LogP contribution < -0.4 is 10.6 Å². The molecule has 0 atom stereocenters. The molecule has 0 aromatic carbocycles. The van der Waals surface area contributed by atoms with Crippen molar-refractivity contribution >= 4 is 5.91 Å². The Kier molecular flexibility index (Phi) is 4.58. The highest BCUT2D eigenvalue weighted by Gasteiger charge is 2.42. The Balaban J connectivity index is 1.74. The third kappa shape index (κ3) is 3.12. The van der Waals surface area contributed by atoms with E-state index >= 15 is 0 Å². The Hall–Kier alpha value is -1.36. The van der Waals surface area contributed by atoms with Gasteiger partial charge >= 0.3 is 0 Å². The molecule has 21 heavy (non-hydrogen) atoms. The first-order chi connectivity index (χ1) is 10.3. The summed E-state index contributed by atoms with van der Waals surface area (Å²) in [4.78, 5) is 13.0. The van der Waals surface area contributed by atoms with Crippen molar-refractivity contribution < 1.29 is 4.79 Å². The molecule has 1 aliphatic carbocycles. The molecule has 2 N–H and O–H groups in total. The van der Waals surface area contributed by atoms with Gasteiger partial charge in [-0.25, -0.2) is 0 Å². The van der Waals surface area contributed by atoms with Gasteiger partial charge in [-0.1, -0.05) is 25.7 Å². The van der Waals surface area contributed by atoms with Crippen molar-refractivity contribution in [2.75, 3.05) is 13.1 Å². The average Bonchev–Trinajstić information content (AvgIpc) is 2.94. The molecule has 2 heterocycles. The van der Waals surface area contributed by atoms with Gasteiger partial charge in [0, 0.05) is 18.4 Å². The van der Waals surface area contributed by atoms with Crippen LogP contribution in [0, 0.1) is 0 Å². The third-order valence-electron chi connectivity index (χ3n) is 4.99. The van der Waals surface area contributed by atoms with Crippen LogP contribution >= 0.6 is 0 Å². The van der Waals surface area contributed by atoms with Crippen molar-refractivity contribution in [3.63, 3.8) is 0 Å². The minimum atomic E-state index is -0.499. The van der Waals surface area contributed by atoms with Gasteiger partial charge in [0.05, 0.1) is 0 Å². The lowest BCUT2D eigenvalue weighted by atomic mass is 9.87. The molecule has 0 spiro atoms. The lowest BCUT2D eigenvalue weighted by Crippen LogP contribution is -2.56. The first-order valence-corrected chi connectivity index (χ1v) is 8.33. The van der Waals surface area contributed by atoms with E-state index in [-0.39, 0.29) is 5.91 Å². The van der Waals surface area contributed by atoms with Crippen LogP contribution in [0.5, 0.6) is 0 Å². The van der Waals surface area contributed by atoms with E-state index in [0.29, 0.717) is 6.04 Å². The average molecular weight is 290 g/mol. The van der Waals surface area contributed by atoms with Crippen molar-refractivity contribution in [1.29, 1.82) is 0 Å². The number of carbonyl (C=O) groups is 1. The molecule has 0 radical (unpaired) electrons. The van der Waals surface area contributed by atoms with E-state index in [9.17, 15) is 4.79 Å². The van der Waals surface area contributed by atoms with Crippen LogP contribution in [-0.2, 0) is 10.3 Å². The Morgan fingerprint density at radius 3 is 2.52 bits per heavy atom. The standard InChI is InChI=1S/C16H26N4O/c21-15(19-14-6-3-1-2-4-7-14)16(8-11-17-12-9-16)20-13-5-10-18-20/h5,10,13-14,17H,1-4,6-9,11-12H2,(H,19,21). The molecule has 1 aliphatic heterocycles. The Morgan fingerprint density at radius 2 is 1.90 bits per heavy atom. The first-order valence-electron chi connectivity index (χ1n) is 8.33. The highest BCUT2D eigenvalue weighted by molar-refractivity contribution is 5.84. The van der Waals surface area contributed by atoms with E-state index in [4.69, 9.17) is 0 Å². The minimum absolute atomic E-state index is 0.166. The molecular formula is C16H26N4O. The molecule has 2 fully saturated rings. The topological polar surface area (TPSA) is 59.0 Å². The second-order valence-corrected chi connectivity index (χ2v) is 6.39. The van der Waals surface area contributed by atoms with Crippen LogP contribution in [0.2, 0.25) is 0 Å². The molecular weight excluding hydrogens is 264 g/mol. The molecule has 116 valence electrons. The van der Waals surface area contributed by atoms with Crippen LogP contribution in [0.3, 0.4) is 0 Å². The zero-order chi connectivity index (χ0) is 14.5. The number of carbonyl (C=O) groups excluding carboxylic acids is 1. The number of rotatable bonds is 3. The fraction of sp³-hybridized carbons (Fsp3) is 0.750. The normalized spacial score (nSPS) is 23.4. The van der Waals surface area contributed by atoms with E-state index in [1.54, 1.807) is 6.20 Å². The Morgan fingerprint density at radius 1 is 1.19 bits per heavy atom. The monoisotopic (exact) mass is 290 g/mol. The summed E-state index contributed by atoms with van der Waals surface area (Å²) in [6.07, 6.45) is 12.7. The van der Waals surface area contributed by atoms with Gasteiger partial charge in [-0.3, -0.25) is 9.48 Å². The van der Waals surface area contributed by atoms with Crippen LogP contribution in [0.4, 0.5) is 0 Å². The number of aromatic nitrogens is 2. The van der Waals surface area contributed by atoms with Gasteiger partial charge in [0.2, 0.25) is 5.91 Å². The first kappa shape index (κ1) is 14.6. The fourth-order valence-electron chi connectivity index (χ4n) is 3.67. The molecule has 0 unspecified atom stereocenters. The maximum absolute atomic E-state index is 13.0. The molecule has 3 rings (SSSR count). The third-order valence-corrected chi connectivity index (χ3v) is 4.99. The number of piperidine rings is 1. The van der Waals surface area contributed by atoms with Crippen LogP contribution in [0.1, 0.15) is 51.4 Å². The summed E-state index contributed by atoms with van der Waals surface area (Å²) in [5.41, 5.74) is -0.499. The summed E-state index contributed by atoms with van der Waals surface area (Å²) in [5.74, 6) is 0.166. The molecule has 2 aliphatic rings. The number of hydrogen-bond donors (Lipinski definition) is 2. The van der Waals surface area contributed by atoms with E-state index in [2.05, 4.69) is 15.7 Å². The smallest absolute Gasteiger partial charge is 0.248 e. The predicted molar refractivity (Wildman–Crippen MR) is 81.9 cm³/mol. The van der Waals surface area contributed by atoms with Crippen molar-refractivity contribution in [3.05, 3.63) is 18.5 Å². The van der Waals surface area contributed by atoms with Crippen LogP contribution in [-0.4, -0.2) is 34.8 Å². The van der Waals surface area contributed by atoms with E-state index in [0.717, 1.165) is 38.8 Å². The Labute approximate surface area is 126 Å². The van der Waals surface area contributed by atoms with Crippen molar-refractivity contribution in [3.8, 4) is 0 Å².